The van der Waals surface area contributed by atoms with Gasteiger partial charge in [0.25, 0.3) is 5.91 Å². The maximum atomic E-state index is 12.2. The minimum absolute atomic E-state index is 0.228. The molecule has 1 fully saturated rings. The van der Waals surface area contributed by atoms with E-state index >= 15 is 0 Å². The van der Waals surface area contributed by atoms with Crippen LogP contribution >= 0.6 is 23.2 Å². The Bertz CT molecular complexity index is 635. The molecule has 0 atom stereocenters. The van der Waals surface area contributed by atoms with E-state index in [0.29, 0.717) is 27.6 Å². The Kier molecular flexibility index (Phi) is 3.21. The summed E-state index contributed by atoms with van der Waals surface area (Å²) in [6, 6.07) is 5.31. The van der Waals surface area contributed by atoms with E-state index < -0.39 is 0 Å². The summed E-state index contributed by atoms with van der Waals surface area (Å²) < 4.78 is 1.92. The Morgan fingerprint density at radius 3 is 2.79 bits per heavy atom. The van der Waals surface area contributed by atoms with E-state index in [1.54, 1.807) is 30.6 Å². The van der Waals surface area contributed by atoms with Crippen LogP contribution in [0.15, 0.2) is 30.6 Å². The standard InChI is InChI=1S/C13H11Cl2N3O/c14-8-3-4-16-12(6-8)17-13(19)11-5-9(15)7-18(11)10-1-2-10/h3-7,10H,1-2H2,(H,16,17,19). The minimum Gasteiger partial charge on any atom is -0.339 e. The monoisotopic (exact) mass is 295 g/mol. The van der Waals surface area contributed by atoms with Crippen LogP contribution in [-0.2, 0) is 0 Å². The van der Waals surface area contributed by atoms with Gasteiger partial charge in [0.2, 0.25) is 0 Å². The molecule has 6 heteroatoms. The molecule has 0 spiro atoms. The van der Waals surface area contributed by atoms with Crippen LogP contribution < -0.4 is 5.32 Å². The summed E-state index contributed by atoms with van der Waals surface area (Å²) in [7, 11) is 0. The molecule has 0 aromatic carbocycles. The van der Waals surface area contributed by atoms with Crippen molar-refractivity contribution in [3.8, 4) is 0 Å². The van der Waals surface area contributed by atoms with Gasteiger partial charge in [-0.3, -0.25) is 4.79 Å². The Morgan fingerprint density at radius 2 is 2.11 bits per heavy atom. The molecule has 1 amide bonds. The summed E-state index contributed by atoms with van der Waals surface area (Å²) in [5.41, 5.74) is 0.550. The number of aromatic nitrogens is 2. The topological polar surface area (TPSA) is 46.9 Å². The number of pyridine rings is 1. The highest BCUT2D eigenvalue weighted by Crippen LogP contribution is 2.37. The first-order chi connectivity index (χ1) is 9.13. The molecule has 0 aliphatic heterocycles. The van der Waals surface area contributed by atoms with Gasteiger partial charge in [0.05, 0.1) is 5.02 Å². The summed E-state index contributed by atoms with van der Waals surface area (Å²) in [6.45, 7) is 0. The van der Waals surface area contributed by atoms with Gasteiger partial charge in [-0.05, 0) is 31.0 Å². The Labute approximate surface area is 120 Å². The zero-order valence-corrected chi connectivity index (χ0v) is 11.4. The lowest BCUT2D eigenvalue weighted by atomic mass is 10.3. The van der Waals surface area contributed by atoms with Crippen LogP contribution in [0, 0.1) is 0 Å². The molecule has 2 aromatic rings. The van der Waals surface area contributed by atoms with Crippen molar-refractivity contribution in [1.82, 2.24) is 9.55 Å². The molecule has 0 bridgehead atoms. The average Bonchev–Trinajstić information content (AvgIpc) is 3.12. The zero-order chi connectivity index (χ0) is 13.4. The van der Waals surface area contributed by atoms with Crippen molar-refractivity contribution in [3.63, 3.8) is 0 Å². The number of amides is 1. The zero-order valence-electron chi connectivity index (χ0n) is 9.94. The largest absolute Gasteiger partial charge is 0.339 e. The predicted octanol–water partition coefficient (Wildman–Crippen LogP) is 3.78. The first kappa shape index (κ1) is 12.5. The highest BCUT2D eigenvalue weighted by molar-refractivity contribution is 6.31. The van der Waals surface area contributed by atoms with Crippen LogP contribution in [0.3, 0.4) is 0 Å². The fourth-order valence-electron chi connectivity index (χ4n) is 1.94. The van der Waals surface area contributed by atoms with Crippen LogP contribution in [0.25, 0.3) is 0 Å². The molecule has 1 aliphatic carbocycles. The molecule has 0 radical (unpaired) electrons. The molecule has 0 saturated heterocycles. The van der Waals surface area contributed by atoms with Gasteiger partial charge in [0.1, 0.15) is 11.5 Å². The number of hydrogen-bond acceptors (Lipinski definition) is 2. The third-order valence-corrected chi connectivity index (χ3v) is 3.39. The fourth-order valence-corrected chi connectivity index (χ4v) is 2.30. The highest BCUT2D eigenvalue weighted by atomic mass is 35.5. The number of halogens is 2. The van der Waals surface area contributed by atoms with E-state index in [-0.39, 0.29) is 5.91 Å². The van der Waals surface area contributed by atoms with Crippen molar-refractivity contribution < 1.29 is 4.79 Å². The van der Waals surface area contributed by atoms with Gasteiger partial charge in [0.15, 0.2) is 0 Å². The molecule has 2 heterocycles. The van der Waals surface area contributed by atoms with E-state index in [1.165, 1.54) is 0 Å². The summed E-state index contributed by atoms with van der Waals surface area (Å²) in [5.74, 6) is 0.200. The molecule has 2 aromatic heterocycles. The van der Waals surface area contributed by atoms with Crippen LogP contribution in [0.4, 0.5) is 5.82 Å². The lowest BCUT2D eigenvalue weighted by Gasteiger charge is -2.08. The Hall–Kier alpha value is -1.52. The molecule has 98 valence electrons. The van der Waals surface area contributed by atoms with Crippen molar-refractivity contribution in [2.24, 2.45) is 0 Å². The number of rotatable bonds is 3. The third-order valence-electron chi connectivity index (χ3n) is 2.95. The fraction of sp³-hybridized carbons (Fsp3) is 0.231. The van der Waals surface area contributed by atoms with E-state index in [1.807, 2.05) is 4.57 Å². The smallest absolute Gasteiger partial charge is 0.273 e. The van der Waals surface area contributed by atoms with Crippen LogP contribution in [-0.4, -0.2) is 15.5 Å². The second kappa shape index (κ2) is 4.87. The van der Waals surface area contributed by atoms with E-state index in [4.69, 9.17) is 23.2 Å². The molecule has 1 aliphatic rings. The van der Waals surface area contributed by atoms with Gasteiger partial charge in [-0.25, -0.2) is 4.98 Å². The van der Waals surface area contributed by atoms with Crippen LogP contribution in [0.5, 0.6) is 0 Å². The van der Waals surface area contributed by atoms with Gasteiger partial charge in [-0.2, -0.15) is 0 Å². The summed E-state index contributed by atoms with van der Waals surface area (Å²) in [6.07, 6.45) is 5.51. The maximum absolute atomic E-state index is 12.2. The number of carbonyl (C=O) groups is 1. The van der Waals surface area contributed by atoms with Gasteiger partial charge in [-0.1, -0.05) is 23.2 Å². The molecular weight excluding hydrogens is 285 g/mol. The van der Waals surface area contributed by atoms with E-state index in [0.717, 1.165) is 12.8 Å². The Balaban J connectivity index is 1.84. The lowest BCUT2D eigenvalue weighted by Crippen LogP contribution is -2.17. The second-order valence-corrected chi connectivity index (χ2v) is 5.37. The first-order valence-electron chi connectivity index (χ1n) is 5.94. The number of carbonyl (C=O) groups excluding carboxylic acids is 1. The van der Waals surface area contributed by atoms with Gasteiger partial charge >= 0.3 is 0 Å². The normalized spacial score (nSPS) is 14.4. The molecule has 19 heavy (non-hydrogen) atoms. The number of hydrogen-bond donors (Lipinski definition) is 1. The van der Waals surface area contributed by atoms with Gasteiger partial charge in [-0.15, -0.1) is 0 Å². The van der Waals surface area contributed by atoms with Crippen molar-refractivity contribution in [3.05, 3.63) is 46.3 Å². The minimum atomic E-state index is -0.228. The number of nitrogens with zero attached hydrogens (tertiary/aromatic N) is 2. The molecule has 4 nitrogen and oxygen atoms in total. The van der Waals surface area contributed by atoms with Crippen molar-refractivity contribution in [1.29, 1.82) is 0 Å². The first-order valence-corrected chi connectivity index (χ1v) is 6.69. The number of anilines is 1. The van der Waals surface area contributed by atoms with Crippen molar-refractivity contribution >= 4 is 34.9 Å². The maximum Gasteiger partial charge on any atom is 0.273 e. The molecule has 0 unspecified atom stereocenters. The SMILES string of the molecule is O=C(Nc1cc(Cl)ccn1)c1cc(Cl)cn1C1CC1. The molecule has 3 rings (SSSR count). The molecule has 1 saturated carbocycles. The van der Waals surface area contributed by atoms with Crippen molar-refractivity contribution in [2.45, 2.75) is 18.9 Å². The van der Waals surface area contributed by atoms with E-state index in [9.17, 15) is 4.79 Å². The van der Waals surface area contributed by atoms with E-state index in [2.05, 4.69) is 10.3 Å². The summed E-state index contributed by atoms with van der Waals surface area (Å²) in [5, 5.41) is 3.82. The van der Waals surface area contributed by atoms with Gasteiger partial charge < -0.3 is 9.88 Å². The summed E-state index contributed by atoms with van der Waals surface area (Å²) in [4.78, 5) is 16.3. The third kappa shape index (κ3) is 2.74. The molecular formula is C13H11Cl2N3O. The molecule has 1 N–H and O–H groups in total. The lowest BCUT2D eigenvalue weighted by molar-refractivity contribution is 0.101. The predicted molar refractivity (Wildman–Crippen MR) is 74.9 cm³/mol. The number of nitrogens with one attached hydrogen (secondary N) is 1. The quantitative estimate of drug-likeness (QED) is 0.937. The second-order valence-electron chi connectivity index (χ2n) is 4.50. The van der Waals surface area contributed by atoms with Crippen molar-refractivity contribution in [2.75, 3.05) is 5.32 Å². The Morgan fingerprint density at radius 1 is 1.32 bits per heavy atom. The van der Waals surface area contributed by atoms with Crippen LogP contribution in [0.1, 0.15) is 29.4 Å². The average molecular weight is 296 g/mol. The highest BCUT2D eigenvalue weighted by Gasteiger charge is 2.27. The van der Waals surface area contributed by atoms with Gasteiger partial charge in [0, 0.05) is 23.5 Å². The van der Waals surface area contributed by atoms with Crippen LogP contribution in [0.2, 0.25) is 10.0 Å². The summed E-state index contributed by atoms with van der Waals surface area (Å²) >= 11 is 11.8.